The van der Waals surface area contributed by atoms with Crippen molar-refractivity contribution >= 4 is 7.37 Å². The van der Waals surface area contributed by atoms with Gasteiger partial charge in [0.15, 0.2) is 0 Å². The zero-order chi connectivity index (χ0) is 17.2. The maximum Gasteiger partial charge on any atom is 0.202 e. The molecule has 0 saturated heterocycles. The van der Waals surface area contributed by atoms with E-state index in [1.807, 2.05) is 13.8 Å². The Kier molecular flexibility index (Phi) is 17.2. The first kappa shape index (κ1) is 23.2. The Balaban J connectivity index is 3.15. The van der Waals surface area contributed by atoms with Crippen molar-refractivity contribution in [3.05, 3.63) is 0 Å². The molecule has 0 unspecified atom stereocenters. The summed E-state index contributed by atoms with van der Waals surface area (Å²) < 4.78 is 17.7. The van der Waals surface area contributed by atoms with Crippen molar-refractivity contribution in [3.8, 4) is 0 Å². The second kappa shape index (κ2) is 17.0. The van der Waals surface area contributed by atoms with Gasteiger partial charge in [0, 0.05) is 12.3 Å². The maximum atomic E-state index is 12.1. The molecule has 0 aromatic heterocycles. The summed E-state index contributed by atoms with van der Waals surface area (Å²) in [5, 5.41) is 0. The molecule has 0 aliphatic carbocycles. The van der Waals surface area contributed by atoms with Gasteiger partial charge in [-0.05, 0) is 6.42 Å². The molecule has 0 bridgehead atoms. The summed E-state index contributed by atoms with van der Waals surface area (Å²) in [4.78, 5) is 0. The van der Waals surface area contributed by atoms with Crippen LogP contribution in [0.2, 0.25) is 0 Å². The predicted octanol–water partition coefficient (Wildman–Crippen LogP) is 7.80. The summed E-state index contributed by atoms with van der Waals surface area (Å²) in [7, 11) is -2.27. The van der Waals surface area contributed by atoms with Crippen molar-refractivity contribution in [2.24, 2.45) is 0 Å². The van der Waals surface area contributed by atoms with Crippen LogP contribution in [-0.2, 0) is 9.09 Å². The van der Waals surface area contributed by atoms with E-state index < -0.39 is 7.37 Å². The fraction of sp³-hybridized carbons (Fsp3) is 1.00. The molecular weight excluding hydrogens is 303 g/mol. The van der Waals surface area contributed by atoms with Crippen LogP contribution in [0.5, 0.6) is 0 Å². The minimum atomic E-state index is -2.27. The topological polar surface area (TPSA) is 26.3 Å². The van der Waals surface area contributed by atoms with Crippen LogP contribution in [0, 0.1) is 0 Å². The highest BCUT2D eigenvalue weighted by atomic mass is 31.2. The van der Waals surface area contributed by atoms with Crippen LogP contribution in [0.15, 0.2) is 0 Å². The highest BCUT2D eigenvalue weighted by molar-refractivity contribution is 7.58. The van der Waals surface area contributed by atoms with Crippen LogP contribution in [0.25, 0.3) is 0 Å². The van der Waals surface area contributed by atoms with Crippen LogP contribution >= 0.6 is 7.37 Å². The average molecular weight is 347 g/mol. The third-order valence-corrected chi connectivity index (χ3v) is 7.37. The Hall–Kier alpha value is 0.190. The normalized spacial score (nSPS) is 12.0. The molecular formula is C20H43O2P. The molecule has 0 rings (SSSR count). The van der Waals surface area contributed by atoms with Gasteiger partial charge in [0.05, 0.1) is 6.61 Å². The van der Waals surface area contributed by atoms with Gasteiger partial charge in [0.2, 0.25) is 7.37 Å². The summed E-state index contributed by atoms with van der Waals surface area (Å²) >= 11 is 0. The second-order valence-corrected chi connectivity index (χ2v) is 10.0. The Morgan fingerprint density at radius 2 is 0.913 bits per heavy atom. The molecule has 0 spiro atoms. The van der Waals surface area contributed by atoms with Crippen molar-refractivity contribution in [1.82, 2.24) is 0 Å². The molecule has 0 fully saturated rings. The van der Waals surface area contributed by atoms with E-state index in [0.29, 0.717) is 18.9 Å². The molecule has 2 nitrogen and oxygen atoms in total. The summed E-state index contributed by atoms with van der Waals surface area (Å²) in [5.41, 5.74) is 0. The number of rotatable bonds is 18. The lowest BCUT2D eigenvalue weighted by molar-refractivity contribution is 0.302. The highest BCUT2D eigenvalue weighted by Crippen LogP contribution is 2.45. The lowest BCUT2D eigenvalue weighted by Crippen LogP contribution is -1.98. The monoisotopic (exact) mass is 346 g/mol. The van der Waals surface area contributed by atoms with E-state index in [0.717, 1.165) is 6.42 Å². The molecule has 0 aromatic carbocycles. The Morgan fingerprint density at radius 1 is 0.565 bits per heavy atom. The van der Waals surface area contributed by atoms with Crippen molar-refractivity contribution in [3.63, 3.8) is 0 Å². The quantitative estimate of drug-likeness (QED) is 0.187. The first-order valence-electron chi connectivity index (χ1n) is 10.4. The predicted molar refractivity (Wildman–Crippen MR) is 105 cm³/mol. The highest BCUT2D eigenvalue weighted by Gasteiger charge is 2.16. The molecule has 0 radical (unpaired) electrons. The van der Waals surface area contributed by atoms with Gasteiger partial charge in [-0.15, -0.1) is 0 Å². The summed E-state index contributed by atoms with van der Waals surface area (Å²) in [6, 6.07) is 0. The zero-order valence-electron chi connectivity index (χ0n) is 16.3. The van der Waals surface area contributed by atoms with Gasteiger partial charge in [-0.25, -0.2) is 0 Å². The van der Waals surface area contributed by atoms with Gasteiger partial charge in [-0.2, -0.15) is 0 Å². The first-order valence-corrected chi connectivity index (χ1v) is 12.4. The molecule has 0 aliphatic rings. The summed E-state index contributed by atoms with van der Waals surface area (Å²) in [6.45, 7) is 6.91. The lowest BCUT2D eigenvalue weighted by Gasteiger charge is -2.14. The average Bonchev–Trinajstić information content (AvgIpc) is 2.58. The summed E-state index contributed by atoms with van der Waals surface area (Å²) in [5.74, 6) is 0. The van der Waals surface area contributed by atoms with Crippen LogP contribution in [0.4, 0.5) is 0 Å². The largest absolute Gasteiger partial charge is 0.328 e. The van der Waals surface area contributed by atoms with Gasteiger partial charge in [0.1, 0.15) is 0 Å². The van der Waals surface area contributed by atoms with Gasteiger partial charge in [0.25, 0.3) is 0 Å². The fourth-order valence-corrected chi connectivity index (χ4v) is 4.21. The molecule has 3 heteroatoms. The zero-order valence-corrected chi connectivity index (χ0v) is 17.2. The van der Waals surface area contributed by atoms with E-state index in [1.54, 1.807) is 0 Å². The SMILES string of the molecule is CCCCCCCCCCCCCCCCOP(=O)(CC)CC. The van der Waals surface area contributed by atoms with E-state index in [-0.39, 0.29) is 0 Å². The molecule has 23 heavy (non-hydrogen) atoms. The fourth-order valence-electron chi connectivity index (χ4n) is 2.93. The van der Waals surface area contributed by atoms with Gasteiger partial charge in [-0.3, -0.25) is 4.57 Å². The first-order chi connectivity index (χ1) is 11.2. The van der Waals surface area contributed by atoms with Crippen molar-refractivity contribution < 1.29 is 9.09 Å². The van der Waals surface area contributed by atoms with Crippen LogP contribution in [0.1, 0.15) is 111 Å². The molecule has 0 aromatic rings. The molecule has 0 saturated carbocycles. The van der Waals surface area contributed by atoms with E-state index in [1.165, 1.54) is 83.5 Å². The Bertz CT molecular complexity index is 271. The van der Waals surface area contributed by atoms with Crippen molar-refractivity contribution in [2.45, 2.75) is 111 Å². The van der Waals surface area contributed by atoms with E-state index in [4.69, 9.17) is 4.52 Å². The molecule has 140 valence electrons. The standard InChI is InChI=1S/C20H43O2P/c1-4-7-8-9-10-11-12-13-14-15-16-17-18-19-20-22-23(21,5-2)6-3/h4-20H2,1-3H3. The van der Waals surface area contributed by atoms with Crippen LogP contribution < -0.4 is 0 Å². The molecule has 0 aliphatic heterocycles. The smallest absolute Gasteiger partial charge is 0.202 e. The minimum Gasteiger partial charge on any atom is -0.328 e. The maximum absolute atomic E-state index is 12.1. The third-order valence-electron chi connectivity index (χ3n) is 4.79. The van der Waals surface area contributed by atoms with E-state index in [9.17, 15) is 4.57 Å². The number of hydrogen-bond acceptors (Lipinski definition) is 2. The minimum absolute atomic E-state index is 0.683. The molecule has 0 heterocycles. The van der Waals surface area contributed by atoms with Gasteiger partial charge >= 0.3 is 0 Å². The van der Waals surface area contributed by atoms with E-state index >= 15 is 0 Å². The number of unbranched alkanes of at least 4 members (excludes halogenated alkanes) is 13. The van der Waals surface area contributed by atoms with Crippen LogP contribution in [0.3, 0.4) is 0 Å². The summed E-state index contributed by atoms with van der Waals surface area (Å²) in [6.07, 6.45) is 20.5. The van der Waals surface area contributed by atoms with Gasteiger partial charge in [-0.1, -0.05) is 104 Å². The van der Waals surface area contributed by atoms with Crippen molar-refractivity contribution in [1.29, 1.82) is 0 Å². The Labute approximate surface area is 146 Å². The Morgan fingerprint density at radius 3 is 1.26 bits per heavy atom. The molecule has 0 N–H and O–H groups in total. The van der Waals surface area contributed by atoms with E-state index in [2.05, 4.69) is 6.92 Å². The second-order valence-electron chi connectivity index (χ2n) is 6.88. The number of hydrogen-bond donors (Lipinski definition) is 0. The van der Waals surface area contributed by atoms with Crippen molar-refractivity contribution in [2.75, 3.05) is 18.9 Å². The molecule has 0 atom stereocenters. The molecule has 0 amide bonds. The third kappa shape index (κ3) is 15.5. The van der Waals surface area contributed by atoms with Crippen LogP contribution in [-0.4, -0.2) is 18.9 Å². The van der Waals surface area contributed by atoms with Gasteiger partial charge < -0.3 is 4.52 Å². The lowest BCUT2D eigenvalue weighted by atomic mass is 10.0.